The number of carbonyl (C=O) groups is 3. The summed E-state index contributed by atoms with van der Waals surface area (Å²) in [5, 5.41) is 7.53. The number of halogens is 1. The van der Waals surface area contributed by atoms with Gasteiger partial charge in [-0.25, -0.2) is 4.90 Å². The summed E-state index contributed by atoms with van der Waals surface area (Å²) in [6.07, 6.45) is 1.70. The highest BCUT2D eigenvalue weighted by atomic mass is 35.5. The van der Waals surface area contributed by atoms with Crippen molar-refractivity contribution < 1.29 is 14.4 Å². The van der Waals surface area contributed by atoms with Crippen molar-refractivity contribution in [2.45, 2.75) is 20.0 Å². The Kier molecular flexibility index (Phi) is 4.90. The number of anilines is 1. The summed E-state index contributed by atoms with van der Waals surface area (Å²) in [5.41, 5.74) is 1.95. The molecule has 0 fully saturated rings. The topological polar surface area (TPSA) is 84.3 Å². The third-order valence-electron chi connectivity index (χ3n) is 4.69. The van der Waals surface area contributed by atoms with Gasteiger partial charge in [0.2, 0.25) is 0 Å². The predicted molar refractivity (Wildman–Crippen MR) is 108 cm³/mol. The molecular formula is C21H17ClN4O3. The van der Waals surface area contributed by atoms with Gasteiger partial charge in [0.15, 0.2) is 0 Å². The van der Waals surface area contributed by atoms with Gasteiger partial charge in [-0.3, -0.25) is 19.1 Å². The number of fused-ring (bicyclic) bond motifs is 1. The molecule has 0 unspecified atom stereocenters. The number of hydrogen-bond acceptors (Lipinski definition) is 4. The van der Waals surface area contributed by atoms with Crippen LogP contribution in [0.5, 0.6) is 0 Å². The van der Waals surface area contributed by atoms with Crippen LogP contribution in [0.1, 0.15) is 43.7 Å². The van der Waals surface area contributed by atoms with E-state index in [4.69, 9.17) is 11.6 Å². The van der Waals surface area contributed by atoms with Gasteiger partial charge in [-0.05, 0) is 37.3 Å². The maximum Gasteiger partial charge on any atom is 0.266 e. The number of hydrogen-bond donors (Lipinski definition) is 1. The van der Waals surface area contributed by atoms with Crippen LogP contribution in [-0.4, -0.2) is 27.5 Å². The van der Waals surface area contributed by atoms with E-state index < -0.39 is 11.8 Å². The molecule has 1 N–H and O–H groups in total. The fourth-order valence-corrected chi connectivity index (χ4v) is 3.41. The largest absolute Gasteiger partial charge is 0.346 e. The zero-order chi connectivity index (χ0) is 20.5. The normalized spacial score (nSPS) is 13.0. The second kappa shape index (κ2) is 7.52. The molecule has 7 nitrogen and oxygen atoms in total. The van der Waals surface area contributed by atoms with Crippen molar-refractivity contribution in [1.29, 1.82) is 0 Å². The zero-order valence-electron chi connectivity index (χ0n) is 15.6. The Labute approximate surface area is 171 Å². The highest BCUT2D eigenvalue weighted by Gasteiger charge is 2.36. The van der Waals surface area contributed by atoms with E-state index in [1.807, 2.05) is 6.92 Å². The molecule has 1 aromatic heterocycles. The van der Waals surface area contributed by atoms with Crippen LogP contribution in [0.3, 0.4) is 0 Å². The summed E-state index contributed by atoms with van der Waals surface area (Å²) < 4.78 is 1.69. The first kappa shape index (κ1) is 18.9. The minimum Gasteiger partial charge on any atom is -0.346 e. The highest BCUT2D eigenvalue weighted by molar-refractivity contribution is 6.34. The van der Waals surface area contributed by atoms with Crippen LogP contribution in [0, 0.1) is 0 Å². The van der Waals surface area contributed by atoms with Gasteiger partial charge in [0.05, 0.1) is 28.4 Å². The molecule has 1 aliphatic heterocycles. The van der Waals surface area contributed by atoms with Crippen molar-refractivity contribution in [3.63, 3.8) is 0 Å². The molecule has 0 radical (unpaired) electrons. The van der Waals surface area contributed by atoms with E-state index in [1.54, 1.807) is 53.3 Å². The van der Waals surface area contributed by atoms with E-state index in [0.717, 1.165) is 4.90 Å². The molecule has 8 heteroatoms. The molecule has 4 rings (SSSR count). The Morgan fingerprint density at radius 3 is 2.38 bits per heavy atom. The SMILES string of the molecule is CCn1cc(Cl)c(CNC(=O)c2cccc(N3C(=O)c4ccccc4C3=O)c2)n1. The number of amides is 3. The van der Waals surface area contributed by atoms with Crippen LogP contribution in [0.4, 0.5) is 5.69 Å². The number of carbonyl (C=O) groups excluding carboxylic acids is 3. The van der Waals surface area contributed by atoms with E-state index >= 15 is 0 Å². The fraction of sp³-hybridized carbons (Fsp3) is 0.143. The van der Waals surface area contributed by atoms with E-state index in [0.29, 0.717) is 39.6 Å². The first-order chi connectivity index (χ1) is 14.0. The van der Waals surface area contributed by atoms with Crippen LogP contribution in [0.25, 0.3) is 0 Å². The van der Waals surface area contributed by atoms with Crippen molar-refractivity contribution in [1.82, 2.24) is 15.1 Å². The van der Waals surface area contributed by atoms with Crippen molar-refractivity contribution >= 4 is 35.0 Å². The molecule has 0 saturated heterocycles. The van der Waals surface area contributed by atoms with Crippen molar-refractivity contribution in [3.8, 4) is 0 Å². The Morgan fingerprint density at radius 1 is 1.07 bits per heavy atom. The average Bonchev–Trinajstić information content (AvgIpc) is 3.23. The van der Waals surface area contributed by atoms with Crippen molar-refractivity contribution in [3.05, 3.63) is 82.1 Å². The summed E-state index contributed by atoms with van der Waals surface area (Å²) >= 11 is 6.12. The van der Waals surface area contributed by atoms with Crippen LogP contribution >= 0.6 is 11.6 Å². The Morgan fingerprint density at radius 2 is 1.76 bits per heavy atom. The zero-order valence-corrected chi connectivity index (χ0v) is 16.3. The molecular weight excluding hydrogens is 392 g/mol. The van der Waals surface area contributed by atoms with E-state index in [1.165, 1.54) is 6.07 Å². The predicted octanol–water partition coefficient (Wildman–Crippen LogP) is 3.29. The second-order valence-electron chi connectivity index (χ2n) is 6.50. The lowest BCUT2D eigenvalue weighted by molar-refractivity contribution is 0.0919. The molecule has 29 heavy (non-hydrogen) atoms. The minimum atomic E-state index is -0.403. The number of nitrogens with zero attached hydrogens (tertiary/aromatic N) is 3. The minimum absolute atomic E-state index is 0.169. The summed E-state index contributed by atoms with van der Waals surface area (Å²) in [6, 6.07) is 13.0. The number of aromatic nitrogens is 2. The quantitative estimate of drug-likeness (QED) is 0.656. The highest BCUT2D eigenvalue weighted by Crippen LogP contribution is 2.28. The lowest BCUT2D eigenvalue weighted by atomic mass is 10.1. The number of imide groups is 1. The lowest BCUT2D eigenvalue weighted by Crippen LogP contribution is -2.30. The molecule has 1 aliphatic rings. The Balaban J connectivity index is 1.53. The number of rotatable bonds is 5. The molecule has 2 aromatic carbocycles. The van der Waals surface area contributed by atoms with Gasteiger partial charge in [-0.1, -0.05) is 29.8 Å². The van der Waals surface area contributed by atoms with Gasteiger partial charge in [0.25, 0.3) is 17.7 Å². The van der Waals surface area contributed by atoms with Gasteiger partial charge < -0.3 is 5.32 Å². The summed E-state index contributed by atoms with van der Waals surface area (Å²) in [7, 11) is 0. The molecule has 3 aromatic rings. The van der Waals surface area contributed by atoms with Gasteiger partial charge in [0, 0.05) is 18.3 Å². The van der Waals surface area contributed by atoms with E-state index in [-0.39, 0.29) is 12.5 Å². The summed E-state index contributed by atoms with van der Waals surface area (Å²) in [5.74, 6) is -1.16. The fourth-order valence-electron chi connectivity index (χ4n) is 3.19. The van der Waals surface area contributed by atoms with Crippen LogP contribution in [0.15, 0.2) is 54.7 Å². The molecule has 0 atom stereocenters. The second-order valence-corrected chi connectivity index (χ2v) is 6.91. The standard InChI is InChI=1S/C21H17ClN4O3/c1-2-25-12-17(22)18(24-25)11-23-19(27)13-6-5-7-14(10-13)26-20(28)15-8-3-4-9-16(15)21(26)29/h3-10,12H,2,11H2,1H3,(H,23,27). The summed E-state index contributed by atoms with van der Waals surface area (Å²) in [6.45, 7) is 2.79. The average molecular weight is 409 g/mol. The first-order valence-electron chi connectivity index (χ1n) is 9.07. The maximum atomic E-state index is 12.6. The van der Waals surface area contributed by atoms with E-state index in [2.05, 4.69) is 10.4 Å². The summed E-state index contributed by atoms with van der Waals surface area (Å²) in [4.78, 5) is 39.0. The van der Waals surface area contributed by atoms with Gasteiger partial charge in [0.1, 0.15) is 5.69 Å². The number of aryl methyl sites for hydroxylation is 1. The molecule has 0 saturated carbocycles. The van der Waals surface area contributed by atoms with Crippen LogP contribution in [-0.2, 0) is 13.1 Å². The molecule has 3 amide bonds. The molecule has 0 bridgehead atoms. The number of nitrogens with one attached hydrogen (secondary N) is 1. The molecule has 2 heterocycles. The Bertz CT molecular complexity index is 1100. The lowest BCUT2D eigenvalue weighted by Gasteiger charge is -2.15. The van der Waals surface area contributed by atoms with Crippen LogP contribution in [0.2, 0.25) is 5.02 Å². The maximum absolute atomic E-state index is 12.6. The molecule has 0 spiro atoms. The van der Waals surface area contributed by atoms with Gasteiger partial charge >= 0.3 is 0 Å². The number of benzene rings is 2. The smallest absolute Gasteiger partial charge is 0.266 e. The van der Waals surface area contributed by atoms with Gasteiger partial charge in [-0.15, -0.1) is 0 Å². The molecule has 146 valence electrons. The van der Waals surface area contributed by atoms with Crippen molar-refractivity contribution in [2.24, 2.45) is 0 Å². The van der Waals surface area contributed by atoms with Gasteiger partial charge in [-0.2, -0.15) is 5.10 Å². The molecule has 0 aliphatic carbocycles. The Hall–Kier alpha value is -3.45. The third-order valence-corrected chi connectivity index (χ3v) is 5.00. The van der Waals surface area contributed by atoms with E-state index in [9.17, 15) is 14.4 Å². The third kappa shape index (κ3) is 3.40. The first-order valence-corrected chi connectivity index (χ1v) is 9.45. The van der Waals surface area contributed by atoms with Crippen molar-refractivity contribution in [2.75, 3.05) is 4.90 Å². The van der Waals surface area contributed by atoms with Crippen LogP contribution < -0.4 is 10.2 Å². The monoisotopic (exact) mass is 408 g/mol.